The summed E-state index contributed by atoms with van der Waals surface area (Å²) in [7, 11) is 1.28. The first-order valence-electron chi connectivity index (χ1n) is 3.27. The molecule has 1 aliphatic carbocycles. The number of alkyl halides is 2. The Morgan fingerprint density at radius 1 is 1.73 bits per heavy atom. The molecule has 1 aliphatic rings. The van der Waals surface area contributed by atoms with E-state index >= 15 is 0 Å². The lowest BCUT2D eigenvalue weighted by Gasteiger charge is -1.99. The number of rotatable bonds is 3. The van der Waals surface area contributed by atoms with Crippen molar-refractivity contribution in [2.45, 2.75) is 12.8 Å². The average molecular weight is 165 g/mol. The van der Waals surface area contributed by atoms with E-state index in [2.05, 4.69) is 4.84 Å². The molecule has 0 saturated heterocycles. The van der Waals surface area contributed by atoms with Gasteiger partial charge in [0, 0.05) is 11.8 Å². The second-order valence-electron chi connectivity index (χ2n) is 2.51. The minimum atomic E-state index is -2.39. The van der Waals surface area contributed by atoms with Gasteiger partial charge in [0.05, 0.1) is 7.11 Å². The lowest BCUT2D eigenvalue weighted by atomic mass is 10.3. The summed E-state index contributed by atoms with van der Waals surface area (Å²) >= 11 is 0. The number of halogens is 2. The first-order chi connectivity index (χ1) is 5.16. The molecule has 2 atom stereocenters. The Hall–Kier alpha value is -0.710. The van der Waals surface area contributed by atoms with Crippen LogP contribution in [-0.2, 0) is 9.63 Å². The maximum atomic E-state index is 11.8. The molecule has 1 rings (SSSR count). The Bertz CT molecular complexity index is 163. The van der Waals surface area contributed by atoms with E-state index in [1.807, 2.05) is 5.48 Å². The van der Waals surface area contributed by atoms with Crippen molar-refractivity contribution < 1.29 is 18.4 Å². The Labute approximate surface area is 62.7 Å². The van der Waals surface area contributed by atoms with Crippen LogP contribution in [0, 0.1) is 11.8 Å². The van der Waals surface area contributed by atoms with E-state index in [1.54, 1.807) is 0 Å². The van der Waals surface area contributed by atoms with Crippen molar-refractivity contribution in [2.24, 2.45) is 11.8 Å². The van der Waals surface area contributed by atoms with Gasteiger partial charge < -0.3 is 0 Å². The minimum absolute atomic E-state index is 0.271. The number of hydroxylamine groups is 1. The maximum Gasteiger partial charge on any atom is 0.247 e. The highest BCUT2D eigenvalue weighted by Gasteiger charge is 2.48. The lowest BCUT2D eigenvalue weighted by Crippen LogP contribution is -2.24. The molecule has 0 aliphatic heterocycles. The molecular weight excluding hydrogens is 156 g/mol. The summed E-state index contributed by atoms with van der Waals surface area (Å²) in [5.74, 6) is -1.75. The highest BCUT2D eigenvalue weighted by Crippen LogP contribution is 2.43. The van der Waals surface area contributed by atoms with Gasteiger partial charge in [-0.25, -0.2) is 14.3 Å². The number of carbonyl (C=O) groups is 1. The molecule has 1 amide bonds. The molecule has 0 aromatic rings. The van der Waals surface area contributed by atoms with Crippen molar-refractivity contribution in [1.29, 1.82) is 0 Å². The smallest absolute Gasteiger partial charge is 0.247 e. The molecule has 3 nitrogen and oxygen atoms in total. The molecule has 0 heterocycles. The quantitative estimate of drug-likeness (QED) is 0.621. The molecular formula is C6H9F2NO2. The topological polar surface area (TPSA) is 38.3 Å². The molecule has 0 radical (unpaired) electrons. The molecule has 11 heavy (non-hydrogen) atoms. The number of hydrogen-bond donors (Lipinski definition) is 1. The van der Waals surface area contributed by atoms with Crippen molar-refractivity contribution in [3.63, 3.8) is 0 Å². The summed E-state index contributed by atoms with van der Waals surface area (Å²) in [4.78, 5) is 15.0. The molecule has 0 aromatic heterocycles. The largest absolute Gasteiger partial charge is 0.277 e. The summed E-state index contributed by atoms with van der Waals surface area (Å²) in [5, 5.41) is 0. The third kappa shape index (κ3) is 1.86. The van der Waals surface area contributed by atoms with Gasteiger partial charge in [-0.3, -0.25) is 9.63 Å². The molecule has 0 unspecified atom stereocenters. The van der Waals surface area contributed by atoms with E-state index in [1.165, 1.54) is 7.11 Å². The molecule has 0 bridgehead atoms. The third-order valence-electron chi connectivity index (χ3n) is 1.70. The second kappa shape index (κ2) is 3.13. The number of carbonyl (C=O) groups excluding carboxylic acids is 1. The van der Waals surface area contributed by atoms with Crippen LogP contribution in [0.1, 0.15) is 6.42 Å². The summed E-state index contributed by atoms with van der Waals surface area (Å²) in [6.45, 7) is 0. The van der Waals surface area contributed by atoms with Crippen LogP contribution in [0.4, 0.5) is 8.78 Å². The van der Waals surface area contributed by atoms with Gasteiger partial charge >= 0.3 is 0 Å². The Morgan fingerprint density at radius 2 is 2.36 bits per heavy atom. The van der Waals surface area contributed by atoms with E-state index in [0.717, 1.165) is 0 Å². The monoisotopic (exact) mass is 165 g/mol. The number of hydrogen-bond acceptors (Lipinski definition) is 2. The van der Waals surface area contributed by atoms with Gasteiger partial charge in [-0.1, -0.05) is 0 Å². The van der Waals surface area contributed by atoms with E-state index in [0.29, 0.717) is 0 Å². The zero-order valence-corrected chi connectivity index (χ0v) is 6.01. The van der Waals surface area contributed by atoms with Crippen LogP contribution in [0.3, 0.4) is 0 Å². The first-order valence-corrected chi connectivity index (χ1v) is 3.27. The van der Waals surface area contributed by atoms with Crippen molar-refractivity contribution in [2.75, 3.05) is 7.11 Å². The van der Waals surface area contributed by atoms with Crippen LogP contribution in [0.15, 0.2) is 0 Å². The molecule has 1 fully saturated rings. The number of amides is 1. The highest BCUT2D eigenvalue weighted by atomic mass is 19.3. The van der Waals surface area contributed by atoms with Gasteiger partial charge in [-0.05, 0) is 6.42 Å². The Balaban J connectivity index is 2.26. The summed E-state index contributed by atoms with van der Waals surface area (Å²) in [6, 6.07) is 0. The molecule has 1 saturated carbocycles. The predicted molar refractivity (Wildman–Crippen MR) is 32.8 cm³/mol. The standard InChI is InChI=1S/C6H9F2NO2/c1-11-9-6(10)4-2-3(4)5(7)8/h3-5H,2H2,1H3,(H,9,10)/t3-,4-/m0/s1. The maximum absolute atomic E-state index is 11.8. The zero-order chi connectivity index (χ0) is 8.43. The SMILES string of the molecule is CONC(=O)[C@H]1C[C@@H]1C(F)F. The van der Waals surface area contributed by atoms with Crippen molar-refractivity contribution >= 4 is 5.91 Å². The summed E-state index contributed by atoms with van der Waals surface area (Å²) in [5.41, 5.74) is 2.02. The fourth-order valence-electron chi connectivity index (χ4n) is 0.971. The lowest BCUT2D eigenvalue weighted by molar-refractivity contribution is -0.133. The van der Waals surface area contributed by atoms with E-state index in [4.69, 9.17) is 0 Å². The summed E-state index contributed by atoms with van der Waals surface area (Å²) < 4.78 is 23.7. The van der Waals surface area contributed by atoms with E-state index in [-0.39, 0.29) is 6.42 Å². The summed E-state index contributed by atoms with van der Waals surface area (Å²) in [6.07, 6.45) is -2.12. The average Bonchev–Trinajstić information content (AvgIpc) is 2.65. The van der Waals surface area contributed by atoms with Crippen molar-refractivity contribution in [3.05, 3.63) is 0 Å². The van der Waals surface area contributed by atoms with Crippen LogP contribution < -0.4 is 5.48 Å². The fourth-order valence-corrected chi connectivity index (χ4v) is 0.971. The van der Waals surface area contributed by atoms with Crippen molar-refractivity contribution in [3.8, 4) is 0 Å². The van der Waals surface area contributed by atoms with Gasteiger partial charge in [0.2, 0.25) is 12.3 Å². The Morgan fingerprint density at radius 3 is 2.73 bits per heavy atom. The Kier molecular flexibility index (Phi) is 2.38. The minimum Gasteiger partial charge on any atom is -0.277 e. The molecule has 64 valence electrons. The van der Waals surface area contributed by atoms with Crippen molar-refractivity contribution in [1.82, 2.24) is 5.48 Å². The second-order valence-corrected chi connectivity index (χ2v) is 2.51. The van der Waals surface area contributed by atoms with Crippen LogP contribution in [0.2, 0.25) is 0 Å². The van der Waals surface area contributed by atoms with E-state index < -0.39 is 24.2 Å². The molecule has 0 aromatic carbocycles. The van der Waals surface area contributed by atoms with Crippen LogP contribution >= 0.6 is 0 Å². The third-order valence-corrected chi connectivity index (χ3v) is 1.70. The normalized spacial score (nSPS) is 28.7. The molecule has 5 heteroatoms. The van der Waals surface area contributed by atoms with Crippen LogP contribution in [0.25, 0.3) is 0 Å². The molecule has 0 spiro atoms. The molecule has 1 N–H and O–H groups in total. The van der Waals surface area contributed by atoms with E-state index in [9.17, 15) is 13.6 Å². The van der Waals surface area contributed by atoms with Gasteiger partial charge in [-0.2, -0.15) is 0 Å². The number of nitrogens with one attached hydrogen (secondary N) is 1. The first kappa shape index (κ1) is 8.39. The predicted octanol–water partition coefficient (Wildman–Crippen LogP) is 0.565. The fraction of sp³-hybridized carbons (Fsp3) is 0.833. The van der Waals surface area contributed by atoms with Crippen LogP contribution in [0.5, 0.6) is 0 Å². The van der Waals surface area contributed by atoms with Gasteiger partial charge in [0.1, 0.15) is 0 Å². The highest BCUT2D eigenvalue weighted by molar-refractivity contribution is 5.80. The van der Waals surface area contributed by atoms with Crippen LogP contribution in [-0.4, -0.2) is 19.4 Å². The van der Waals surface area contributed by atoms with Gasteiger partial charge in [0.15, 0.2) is 0 Å². The van der Waals surface area contributed by atoms with Gasteiger partial charge in [-0.15, -0.1) is 0 Å². The van der Waals surface area contributed by atoms with Gasteiger partial charge in [0.25, 0.3) is 0 Å². The zero-order valence-electron chi connectivity index (χ0n) is 6.01.